The van der Waals surface area contributed by atoms with Crippen LogP contribution < -0.4 is 0 Å². The highest BCUT2D eigenvalue weighted by Gasteiger charge is 2.14. The summed E-state index contributed by atoms with van der Waals surface area (Å²) in [7, 11) is 1.76. The molecule has 1 aromatic rings. The lowest BCUT2D eigenvalue weighted by atomic mass is 10.2. The highest BCUT2D eigenvalue weighted by Crippen LogP contribution is 2.06. The molecular formula is C10H17N3O2. The van der Waals surface area contributed by atoms with Gasteiger partial charge in [0, 0.05) is 7.05 Å². The minimum atomic E-state index is -0.282. The van der Waals surface area contributed by atoms with Crippen molar-refractivity contribution < 1.29 is 9.53 Å². The molecule has 15 heavy (non-hydrogen) atoms. The van der Waals surface area contributed by atoms with Gasteiger partial charge in [0.1, 0.15) is 18.8 Å². The smallest absolute Gasteiger partial charge is 0.166 e. The fraction of sp³-hybridized carbons (Fsp3) is 0.700. The van der Waals surface area contributed by atoms with Gasteiger partial charge in [0.25, 0.3) is 0 Å². The molecule has 1 aromatic heterocycles. The summed E-state index contributed by atoms with van der Waals surface area (Å²) < 4.78 is 6.97. The van der Waals surface area contributed by atoms with Gasteiger partial charge in [-0.05, 0) is 20.8 Å². The van der Waals surface area contributed by atoms with E-state index in [4.69, 9.17) is 4.74 Å². The molecule has 1 heterocycles. The Morgan fingerprint density at radius 1 is 1.53 bits per heavy atom. The Morgan fingerprint density at radius 3 is 2.67 bits per heavy atom. The van der Waals surface area contributed by atoms with Crippen LogP contribution >= 0.6 is 0 Å². The molecule has 84 valence electrons. The molecule has 5 heteroatoms. The summed E-state index contributed by atoms with van der Waals surface area (Å²) in [6.45, 7) is 5.88. The SMILES string of the molecule is Cn1ncnc1CC(=O)COC(C)(C)C. The predicted molar refractivity (Wildman–Crippen MR) is 55.4 cm³/mol. The van der Waals surface area contributed by atoms with Crippen LogP contribution in [-0.2, 0) is 23.0 Å². The average molecular weight is 211 g/mol. The lowest BCUT2D eigenvalue weighted by molar-refractivity contribution is -0.127. The number of ether oxygens (including phenoxy) is 1. The van der Waals surface area contributed by atoms with Crippen molar-refractivity contribution >= 4 is 5.78 Å². The number of hydrogen-bond donors (Lipinski definition) is 0. The van der Waals surface area contributed by atoms with Crippen molar-refractivity contribution in [2.24, 2.45) is 7.05 Å². The third-order valence-electron chi connectivity index (χ3n) is 1.83. The van der Waals surface area contributed by atoms with Crippen LogP contribution in [0.15, 0.2) is 6.33 Å². The van der Waals surface area contributed by atoms with Crippen LogP contribution in [0.5, 0.6) is 0 Å². The summed E-state index contributed by atoms with van der Waals surface area (Å²) in [4.78, 5) is 15.5. The van der Waals surface area contributed by atoms with E-state index in [2.05, 4.69) is 10.1 Å². The molecule has 0 aliphatic rings. The molecule has 0 N–H and O–H groups in total. The van der Waals surface area contributed by atoms with Crippen molar-refractivity contribution in [3.8, 4) is 0 Å². The Kier molecular flexibility index (Phi) is 3.57. The molecule has 0 radical (unpaired) electrons. The molecule has 1 rings (SSSR count). The van der Waals surface area contributed by atoms with Gasteiger partial charge in [0.05, 0.1) is 12.0 Å². The molecule has 0 unspecified atom stereocenters. The van der Waals surface area contributed by atoms with E-state index in [1.165, 1.54) is 6.33 Å². The Bertz CT molecular complexity index is 339. The second kappa shape index (κ2) is 4.53. The van der Waals surface area contributed by atoms with Gasteiger partial charge >= 0.3 is 0 Å². The quantitative estimate of drug-likeness (QED) is 0.737. The van der Waals surface area contributed by atoms with Gasteiger partial charge in [-0.15, -0.1) is 0 Å². The van der Waals surface area contributed by atoms with Crippen LogP contribution in [0.2, 0.25) is 0 Å². The molecule has 0 saturated carbocycles. The normalized spacial score (nSPS) is 11.7. The third kappa shape index (κ3) is 4.20. The molecule has 0 fully saturated rings. The topological polar surface area (TPSA) is 57.0 Å². The van der Waals surface area contributed by atoms with Gasteiger partial charge in [-0.2, -0.15) is 5.10 Å². The summed E-state index contributed by atoms with van der Waals surface area (Å²) in [6, 6.07) is 0. The standard InChI is InChI=1S/C10H17N3O2/c1-10(2,3)15-6-8(14)5-9-11-7-12-13(9)4/h7H,5-6H2,1-4H3. The third-order valence-corrected chi connectivity index (χ3v) is 1.83. The van der Waals surface area contributed by atoms with Gasteiger partial charge in [-0.3, -0.25) is 9.48 Å². The van der Waals surface area contributed by atoms with E-state index in [0.717, 1.165) is 0 Å². The Hall–Kier alpha value is -1.23. The van der Waals surface area contributed by atoms with E-state index in [9.17, 15) is 4.79 Å². The fourth-order valence-electron chi connectivity index (χ4n) is 1.00. The maximum absolute atomic E-state index is 11.5. The molecule has 0 bridgehead atoms. The van der Waals surface area contributed by atoms with Crippen molar-refractivity contribution in [1.82, 2.24) is 14.8 Å². The molecule has 0 atom stereocenters. The van der Waals surface area contributed by atoms with Gasteiger partial charge in [0.2, 0.25) is 0 Å². The van der Waals surface area contributed by atoms with Crippen LogP contribution in [0.1, 0.15) is 26.6 Å². The van der Waals surface area contributed by atoms with Crippen LogP contribution in [0, 0.1) is 0 Å². The fourth-order valence-corrected chi connectivity index (χ4v) is 1.00. The minimum absolute atomic E-state index is 0.0148. The zero-order chi connectivity index (χ0) is 11.5. The molecule has 0 aromatic carbocycles. The molecule has 0 amide bonds. The number of nitrogens with zero attached hydrogens (tertiary/aromatic N) is 3. The van der Waals surface area contributed by atoms with E-state index in [1.54, 1.807) is 11.7 Å². The first kappa shape index (κ1) is 11.8. The van der Waals surface area contributed by atoms with Gasteiger partial charge < -0.3 is 4.74 Å². The number of rotatable bonds is 4. The summed E-state index contributed by atoms with van der Waals surface area (Å²) in [5.41, 5.74) is -0.282. The van der Waals surface area contributed by atoms with E-state index in [1.807, 2.05) is 20.8 Å². The summed E-state index contributed by atoms with van der Waals surface area (Å²) in [5.74, 6) is 0.679. The van der Waals surface area contributed by atoms with Gasteiger partial charge in [-0.25, -0.2) is 4.98 Å². The number of ketones is 1. The number of Topliss-reactive ketones (excluding diaryl/α,β-unsaturated/α-hetero) is 1. The van der Waals surface area contributed by atoms with Crippen molar-refractivity contribution in [2.45, 2.75) is 32.8 Å². The molecular weight excluding hydrogens is 194 g/mol. The largest absolute Gasteiger partial charge is 0.368 e. The monoisotopic (exact) mass is 211 g/mol. The number of aryl methyl sites for hydroxylation is 1. The summed E-state index contributed by atoms with van der Waals surface area (Å²) in [6.07, 6.45) is 1.71. The van der Waals surface area contributed by atoms with E-state index in [-0.39, 0.29) is 24.4 Å². The highest BCUT2D eigenvalue weighted by molar-refractivity contribution is 5.81. The van der Waals surface area contributed by atoms with E-state index in [0.29, 0.717) is 5.82 Å². The molecule has 0 aliphatic heterocycles. The van der Waals surface area contributed by atoms with Crippen LogP contribution in [0.4, 0.5) is 0 Å². The van der Waals surface area contributed by atoms with Gasteiger partial charge in [0.15, 0.2) is 5.78 Å². The second-order valence-electron chi connectivity index (χ2n) is 4.42. The Labute approximate surface area is 89.5 Å². The van der Waals surface area contributed by atoms with Crippen molar-refractivity contribution in [3.05, 3.63) is 12.2 Å². The molecule has 0 saturated heterocycles. The minimum Gasteiger partial charge on any atom is -0.368 e. The second-order valence-corrected chi connectivity index (χ2v) is 4.42. The number of hydrogen-bond acceptors (Lipinski definition) is 4. The molecule has 5 nitrogen and oxygen atoms in total. The predicted octanol–water partition coefficient (Wildman–Crippen LogP) is 0.742. The maximum Gasteiger partial charge on any atom is 0.166 e. The van der Waals surface area contributed by atoms with Crippen molar-refractivity contribution in [2.75, 3.05) is 6.61 Å². The van der Waals surface area contributed by atoms with Crippen molar-refractivity contribution in [3.63, 3.8) is 0 Å². The first-order chi connectivity index (χ1) is 6.88. The van der Waals surface area contributed by atoms with E-state index < -0.39 is 0 Å². The number of aromatic nitrogens is 3. The highest BCUT2D eigenvalue weighted by atomic mass is 16.5. The Morgan fingerprint density at radius 2 is 2.20 bits per heavy atom. The molecule has 0 spiro atoms. The first-order valence-electron chi connectivity index (χ1n) is 4.87. The maximum atomic E-state index is 11.5. The Balaban J connectivity index is 2.41. The van der Waals surface area contributed by atoms with E-state index >= 15 is 0 Å². The average Bonchev–Trinajstić information content (AvgIpc) is 2.47. The van der Waals surface area contributed by atoms with Crippen LogP contribution in [-0.4, -0.2) is 32.8 Å². The van der Waals surface area contributed by atoms with Crippen molar-refractivity contribution in [1.29, 1.82) is 0 Å². The first-order valence-corrected chi connectivity index (χ1v) is 4.87. The summed E-state index contributed by atoms with van der Waals surface area (Å²) in [5, 5.41) is 3.89. The van der Waals surface area contributed by atoms with Gasteiger partial charge in [-0.1, -0.05) is 0 Å². The lowest BCUT2D eigenvalue weighted by Gasteiger charge is -2.18. The number of carbonyl (C=O) groups excluding carboxylic acids is 1. The lowest BCUT2D eigenvalue weighted by Crippen LogP contribution is -2.25. The molecule has 0 aliphatic carbocycles. The number of carbonyl (C=O) groups is 1. The summed E-state index contributed by atoms with van der Waals surface area (Å²) >= 11 is 0. The zero-order valence-corrected chi connectivity index (χ0v) is 9.65. The zero-order valence-electron chi connectivity index (χ0n) is 9.65. The van der Waals surface area contributed by atoms with Crippen LogP contribution in [0.3, 0.4) is 0 Å². The van der Waals surface area contributed by atoms with Crippen LogP contribution in [0.25, 0.3) is 0 Å².